The van der Waals surface area contributed by atoms with Crippen LogP contribution in [0.3, 0.4) is 0 Å². The highest BCUT2D eigenvalue weighted by molar-refractivity contribution is 6.30. The molecule has 0 aromatic heterocycles. The number of likely N-dealkylation sites (N-methyl/N-ethyl adjacent to an activating group) is 1. The molecule has 4 rings (SSSR count). The van der Waals surface area contributed by atoms with Gasteiger partial charge < -0.3 is 9.84 Å². The maximum atomic E-state index is 11.0. The largest absolute Gasteiger partial charge is 0.489 e. The van der Waals surface area contributed by atoms with E-state index in [1.807, 2.05) is 36.4 Å². The number of ether oxygens (including phenoxy) is 1. The summed E-state index contributed by atoms with van der Waals surface area (Å²) in [4.78, 5) is 4.74. The molecule has 156 valence electrons. The molecule has 0 radical (unpaired) electrons. The van der Waals surface area contributed by atoms with E-state index < -0.39 is 0 Å². The number of aliphatic hydroxyl groups excluding tert-OH is 1. The van der Waals surface area contributed by atoms with Crippen molar-refractivity contribution in [3.63, 3.8) is 0 Å². The summed E-state index contributed by atoms with van der Waals surface area (Å²) in [5, 5.41) is 11.7. The second kappa shape index (κ2) is 9.48. The molecule has 4 nitrogen and oxygen atoms in total. The van der Waals surface area contributed by atoms with Gasteiger partial charge in [0.25, 0.3) is 0 Å². The van der Waals surface area contributed by atoms with Crippen molar-refractivity contribution in [3.05, 3.63) is 64.7 Å². The summed E-state index contributed by atoms with van der Waals surface area (Å²) in [5.74, 6) is 0.855. The van der Waals surface area contributed by atoms with Crippen LogP contribution in [0.15, 0.2) is 48.5 Å². The highest BCUT2D eigenvalue weighted by Crippen LogP contribution is 2.32. The standard InChI is InChI=1S/C24H31ClN2O2/c1-26(21-10-11-22(24(21)28)27-13-5-6-14-27)16-19-15-20(25)9-12-23(19)29-17-18-7-3-2-4-8-18/h2-4,7-9,12,15,21-22,24,28H,5-6,10-11,13-14,16-17H2,1H3/t21?,22-,24-/m1/s1. The van der Waals surface area contributed by atoms with Crippen LogP contribution >= 0.6 is 11.6 Å². The highest BCUT2D eigenvalue weighted by atomic mass is 35.5. The van der Waals surface area contributed by atoms with Gasteiger partial charge in [-0.3, -0.25) is 9.80 Å². The summed E-state index contributed by atoms with van der Waals surface area (Å²) in [5.41, 5.74) is 2.20. The number of hydrogen-bond donors (Lipinski definition) is 1. The predicted octanol–water partition coefficient (Wildman–Crippen LogP) is 4.34. The van der Waals surface area contributed by atoms with Gasteiger partial charge in [0.1, 0.15) is 12.4 Å². The third kappa shape index (κ3) is 4.95. The fourth-order valence-electron chi connectivity index (χ4n) is 4.83. The van der Waals surface area contributed by atoms with Gasteiger partial charge in [-0.05, 0) is 69.6 Å². The van der Waals surface area contributed by atoms with E-state index in [0.717, 1.165) is 42.8 Å². The molecule has 1 N–H and O–H groups in total. The number of nitrogens with zero attached hydrogens (tertiary/aromatic N) is 2. The Balaban J connectivity index is 1.42. The van der Waals surface area contributed by atoms with Crippen LogP contribution in [0.4, 0.5) is 0 Å². The molecule has 1 unspecified atom stereocenters. The van der Waals surface area contributed by atoms with E-state index in [1.54, 1.807) is 0 Å². The lowest BCUT2D eigenvalue weighted by Crippen LogP contribution is -2.46. The number of likely N-dealkylation sites (tertiary alicyclic amines) is 1. The number of hydrogen-bond acceptors (Lipinski definition) is 4. The smallest absolute Gasteiger partial charge is 0.124 e. The lowest BCUT2D eigenvalue weighted by atomic mass is 10.1. The molecule has 1 aliphatic carbocycles. The van der Waals surface area contributed by atoms with Crippen LogP contribution in [-0.2, 0) is 13.2 Å². The summed E-state index contributed by atoms with van der Waals surface area (Å²) in [7, 11) is 2.10. The monoisotopic (exact) mass is 414 g/mol. The molecule has 5 heteroatoms. The van der Waals surface area contributed by atoms with Gasteiger partial charge in [-0.1, -0.05) is 41.9 Å². The Labute approximate surface area is 179 Å². The molecule has 2 aliphatic rings. The van der Waals surface area contributed by atoms with E-state index in [-0.39, 0.29) is 12.1 Å². The van der Waals surface area contributed by atoms with Gasteiger partial charge in [0.15, 0.2) is 0 Å². The summed E-state index contributed by atoms with van der Waals surface area (Å²) in [6.07, 6.45) is 4.32. The maximum absolute atomic E-state index is 11.0. The fraction of sp³-hybridized carbons (Fsp3) is 0.500. The minimum atomic E-state index is -0.300. The fourth-order valence-corrected chi connectivity index (χ4v) is 5.02. The van der Waals surface area contributed by atoms with E-state index >= 15 is 0 Å². The number of benzene rings is 2. The van der Waals surface area contributed by atoms with E-state index in [2.05, 4.69) is 29.0 Å². The van der Waals surface area contributed by atoms with Gasteiger partial charge in [0.05, 0.1) is 6.10 Å². The lowest BCUT2D eigenvalue weighted by Gasteiger charge is -2.32. The Morgan fingerprint density at radius 3 is 2.62 bits per heavy atom. The first kappa shape index (κ1) is 20.7. The van der Waals surface area contributed by atoms with Crippen LogP contribution in [0.2, 0.25) is 5.02 Å². The molecule has 1 saturated carbocycles. The van der Waals surface area contributed by atoms with Crippen molar-refractivity contribution >= 4 is 11.6 Å². The van der Waals surface area contributed by atoms with Crippen molar-refractivity contribution in [1.82, 2.24) is 9.80 Å². The first-order valence-corrected chi connectivity index (χ1v) is 11.1. The number of halogens is 1. The van der Waals surface area contributed by atoms with Crippen molar-refractivity contribution < 1.29 is 9.84 Å². The third-order valence-corrected chi connectivity index (χ3v) is 6.64. The molecule has 2 fully saturated rings. The number of rotatable bonds is 7. The average Bonchev–Trinajstić information content (AvgIpc) is 3.37. The van der Waals surface area contributed by atoms with Crippen molar-refractivity contribution in [2.24, 2.45) is 0 Å². The molecule has 0 bridgehead atoms. The minimum Gasteiger partial charge on any atom is -0.489 e. The normalized spacial score (nSPS) is 25.0. The van der Waals surface area contributed by atoms with Crippen LogP contribution in [0.5, 0.6) is 5.75 Å². The van der Waals surface area contributed by atoms with Crippen LogP contribution in [0.1, 0.15) is 36.8 Å². The lowest BCUT2D eigenvalue weighted by molar-refractivity contribution is 0.0317. The SMILES string of the molecule is CN(Cc1cc(Cl)ccc1OCc1ccccc1)C1CC[C@@H](N2CCCC2)[C@@H]1O. The molecular weight excluding hydrogens is 384 g/mol. The van der Waals surface area contributed by atoms with Crippen molar-refractivity contribution in [1.29, 1.82) is 0 Å². The minimum absolute atomic E-state index is 0.168. The van der Waals surface area contributed by atoms with Crippen LogP contribution < -0.4 is 4.74 Å². The maximum Gasteiger partial charge on any atom is 0.124 e. The average molecular weight is 415 g/mol. The summed E-state index contributed by atoms with van der Waals surface area (Å²) in [6.45, 7) is 3.50. The second-order valence-electron chi connectivity index (χ2n) is 8.39. The van der Waals surface area contributed by atoms with Crippen LogP contribution in [0.25, 0.3) is 0 Å². The zero-order valence-electron chi connectivity index (χ0n) is 17.1. The molecule has 1 saturated heterocycles. The summed E-state index contributed by atoms with van der Waals surface area (Å²) < 4.78 is 6.11. The molecule has 3 atom stereocenters. The quantitative estimate of drug-likeness (QED) is 0.731. The molecule has 29 heavy (non-hydrogen) atoms. The van der Waals surface area contributed by atoms with Gasteiger partial charge in [-0.2, -0.15) is 0 Å². The van der Waals surface area contributed by atoms with Crippen molar-refractivity contribution in [3.8, 4) is 5.75 Å². The zero-order chi connectivity index (χ0) is 20.2. The Kier molecular flexibility index (Phi) is 6.76. The summed E-state index contributed by atoms with van der Waals surface area (Å²) in [6, 6.07) is 16.5. The van der Waals surface area contributed by atoms with Gasteiger partial charge >= 0.3 is 0 Å². The third-order valence-electron chi connectivity index (χ3n) is 6.40. The van der Waals surface area contributed by atoms with Crippen molar-refractivity contribution in [2.75, 3.05) is 20.1 Å². The first-order chi connectivity index (χ1) is 14.1. The molecule has 2 aromatic carbocycles. The zero-order valence-corrected chi connectivity index (χ0v) is 17.9. The van der Waals surface area contributed by atoms with E-state index in [0.29, 0.717) is 24.2 Å². The molecule has 1 aliphatic heterocycles. The Morgan fingerprint density at radius 2 is 1.86 bits per heavy atom. The first-order valence-electron chi connectivity index (χ1n) is 10.7. The Morgan fingerprint density at radius 1 is 1.10 bits per heavy atom. The van der Waals surface area contributed by atoms with Gasteiger partial charge in [-0.15, -0.1) is 0 Å². The van der Waals surface area contributed by atoms with Crippen molar-refractivity contribution in [2.45, 2.75) is 57.0 Å². The van der Waals surface area contributed by atoms with Crippen LogP contribution in [0, 0.1) is 0 Å². The molecular formula is C24H31ClN2O2. The Bertz CT molecular complexity index is 795. The molecule has 1 heterocycles. The van der Waals surface area contributed by atoms with E-state index in [4.69, 9.17) is 16.3 Å². The second-order valence-corrected chi connectivity index (χ2v) is 8.82. The summed E-state index contributed by atoms with van der Waals surface area (Å²) >= 11 is 6.28. The van der Waals surface area contributed by atoms with Gasteiger partial charge in [0, 0.05) is 29.2 Å². The molecule has 0 amide bonds. The van der Waals surface area contributed by atoms with E-state index in [1.165, 1.54) is 12.8 Å². The highest BCUT2D eigenvalue weighted by Gasteiger charge is 2.40. The van der Waals surface area contributed by atoms with Gasteiger partial charge in [-0.25, -0.2) is 0 Å². The van der Waals surface area contributed by atoms with E-state index in [9.17, 15) is 5.11 Å². The Hall–Kier alpha value is -1.59. The molecule has 0 spiro atoms. The molecule has 2 aromatic rings. The van der Waals surface area contributed by atoms with Gasteiger partial charge in [0.2, 0.25) is 0 Å². The predicted molar refractivity (Wildman–Crippen MR) is 117 cm³/mol. The topological polar surface area (TPSA) is 35.9 Å². The number of aliphatic hydroxyl groups is 1. The van der Waals surface area contributed by atoms with Crippen LogP contribution in [-0.4, -0.2) is 53.2 Å².